The number of carbonyl (C=O) groups excluding carboxylic acids is 2. The van der Waals surface area contributed by atoms with E-state index in [0.29, 0.717) is 24.2 Å². The Kier molecular flexibility index (Phi) is 7.52. The maximum atomic E-state index is 12.7. The van der Waals surface area contributed by atoms with E-state index in [1.165, 1.54) is 19.2 Å². The molecule has 0 saturated heterocycles. The van der Waals surface area contributed by atoms with Gasteiger partial charge in [0.05, 0.1) is 23.6 Å². The molecule has 1 aliphatic rings. The van der Waals surface area contributed by atoms with Crippen LogP contribution in [0.15, 0.2) is 58.6 Å². The molecule has 0 fully saturated rings. The summed E-state index contributed by atoms with van der Waals surface area (Å²) in [6, 6.07) is 11.2. The Hall–Kier alpha value is -3.21. The van der Waals surface area contributed by atoms with Crippen molar-refractivity contribution in [2.24, 2.45) is 5.14 Å². The van der Waals surface area contributed by atoms with Gasteiger partial charge in [0.2, 0.25) is 10.0 Å². The average Bonchev–Trinajstić information content (AvgIpc) is 2.77. The molecule has 33 heavy (non-hydrogen) atoms. The fourth-order valence-electron chi connectivity index (χ4n) is 3.70. The topological polar surface area (TPSA) is 140 Å². The van der Waals surface area contributed by atoms with E-state index in [1.54, 1.807) is 12.1 Å². The molecule has 5 N–H and O–H groups in total. The number of nitrogens with two attached hydrogens (primary N) is 1. The van der Waals surface area contributed by atoms with Gasteiger partial charge in [-0.2, -0.15) is 0 Å². The summed E-state index contributed by atoms with van der Waals surface area (Å²) in [4.78, 5) is 25.1. The minimum Gasteiger partial charge on any atom is -0.466 e. The van der Waals surface area contributed by atoms with Gasteiger partial charge in [-0.3, -0.25) is 0 Å². The predicted octanol–water partition coefficient (Wildman–Crippen LogP) is 1.56. The lowest BCUT2D eigenvalue weighted by Gasteiger charge is -2.30. The number of benzene rings is 2. The Labute approximate surface area is 193 Å². The van der Waals surface area contributed by atoms with Gasteiger partial charge in [0, 0.05) is 12.2 Å². The van der Waals surface area contributed by atoms with Crippen LogP contribution in [0.25, 0.3) is 0 Å². The Morgan fingerprint density at radius 1 is 1.15 bits per heavy atom. The molecule has 9 nitrogen and oxygen atoms in total. The molecule has 0 radical (unpaired) electrons. The lowest BCUT2D eigenvalue weighted by atomic mass is 9.91. The fourth-order valence-corrected chi connectivity index (χ4v) is 4.22. The van der Waals surface area contributed by atoms with Gasteiger partial charge in [-0.05, 0) is 55.6 Å². The van der Waals surface area contributed by atoms with E-state index in [4.69, 9.17) is 9.88 Å². The summed E-state index contributed by atoms with van der Waals surface area (Å²) < 4.78 is 27.8. The number of sulfonamides is 1. The van der Waals surface area contributed by atoms with E-state index < -0.39 is 28.1 Å². The first-order valence-electron chi connectivity index (χ1n) is 10.4. The van der Waals surface area contributed by atoms with Crippen LogP contribution in [0, 0.1) is 13.8 Å². The van der Waals surface area contributed by atoms with E-state index >= 15 is 0 Å². The molecule has 2 amide bonds. The third-order valence-corrected chi connectivity index (χ3v) is 6.38. The Morgan fingerprint density at radius 2 is 1.85 bits per heavy atom. The normalized spacial score (nSPS) is 16.2. The van der Waals surface area contributed by atoms with Crippen LogP contribution in [0.1, 0.15) is 28.3 Å². The highest BCUT2D eigenvalue weighted by Gasteiger charge is 2.34. The molecule has 10 heteroatoms. The van der Waals surface area contributed by atoms with Crippen molar-refractivity contribution < 1.29 is 22.7 Å². The SMILES string of the molecule is COC(=O)C1=C(CNCCc2ccc(S(N)(=O)=O)cc2)NC(=O)N[C@@H]1c1cc(C)ccc1C. The molecule has 1 atom stereocenters. The number of aryl methyl sites for hydroxylation is 2. The van der Waals surface area contributed by atoms with Crippen molar-refractivity contribution in [1.29, 1.82) is 0 Å². The maximum absolute atomic E-state index is 12.7. The van der Waals surface area contributed by atoms with Crippen LogP contribution in [0.3, 0.4) is 0 Å². The van der Waals surface area contributed by atoms with E-state index in [0.717, 1.165) is 22.3 Å². The Bertz CT molecular complexity index is 1190. The third-order valence-electron chi connectivity index (χ3n) is 5.45. The van der Waals surface area contributed by atoms with E-state index in [1.807, 2.05) is 32.0 Å². The number of nitrogens with one attached hydrogen (secondary N) is 3. The van der Waals surface area contributed by atoms with Gasteiger partial charge >= 0.3 is 12.0 Å². The van der Waals surface area contributed by atoms with Crippen LogP contribution >= 0.6 is 0 Å². The lowest BCUT2D eigenvalue weighted by molar-refractivity contribution is -0.136. The average molecular weight is 473 g/mol. The molecule has 3 rings (SSSR count). The number of carbonyl (C=O) groups is 2. The third kappa shape index (κ3) is 5.98. The molecule has 0 aliphatic carbocycles. The van der Waals surface area contributed by atoms with E-state index in [2.05, 4.69) is 16.0 Å². The molecular weight excluding hydrogens is 444 g/mol. The van der Waals surface area contributed by atoms with Crippen LogP contribution in [0.4, 0.5) is 4.79 Å². The van der Waals surface area contributed by atoms with Crippen LogP contribution in [-0.4, -0.2) is 40.6 Å². The predicted molar refractivity (Wildman–Crippen MR) is 124 cm³/mol. The second-order valence-electron chi connectivity index (χ2n) is 7.89. The van der Waals surface area contributed by atoms with Crippen molar-refractivity contribution >= 4 is 22.0 Å². The lowest BCUT2D eigenvalue weighted by Crippen LogP contribution is -2.48. The second-order valence-corrected chi connectivity index (χ2v) is 9.45. The highest BCUT2D eigenvalue weighted by molar-refractivity contribution is 7.89. The van der Waals surface area contributed by atoms with Gasteiger partial charge in [0.25, 0.3) is 0 Å². The zero-order valence-electron chi connectivity index (χ0n) is 18.8. The quantitative estimate of drug-likeness (QED) is 0.340. The number of hydrogen-bond acceptors (Lipinski definition) is 6. The number of hydrogen-bond donors (Lipinski definition) is 4. The van der Waals surface area contributed by atoms with Gasteiger partial charge in [0.1, 0.15) is 0 Å². The summed E-state index contributed by atoms with van der Waals surface area (Å²) in [5, 5.41) is 13.9. The maximum Gasteiger partial charge on any atom is 0.338 e. The molecule has 1 aliphatic heterocycles. The molecule has 0 aromatic heterocycles. The van der Waals surface area contributed by atoms with Crippen molar-refractivity contribution in [3.05, 3.63) is 76.0 Å². The highest BCUT2D eigenvalue weighted by Crippen LogP contribution is 2.30. The minimum absolute atomic E-state index is 0.0574. The van der Waals surface area contributed by atoms with E-state index in [-0.39, 0.29) is 11.4 Å². The molecule has 2 aromatic carbocycles. The van der Waals surface area contributed by atoms with Crippen LogP contribution in [-0.2, 0) is 26.0 Å². The molecule has 0 saturated carbocycles. The van der Waals surface area contributed by atoms with Gasteiger partial charge in [0.15, 0.2) is 0 Å². The second kappa shape index (κ2) is 10.2. The number of methoxy groups -OCH3 is 1. The molecule has 0 spiro atoms. The first-order valence-corrected chi connectivity index (χ1v) is 11.9. The first-order chi connectivity index (χ1) is 15.6. The molecular formula is C23H28N4O5S. The van der Waals surface area contributed by atoms with Crippen molar-refractivity contribution in [1.82, 2.24) is 16.0 Å². The summed E-state index contributed by atoms with van der Waals surface area (Å²) in [5.41, 5.74) is 4.50. The summed E-state index contributed by atoms with van der Waals surface area (Å²) in [6.45, 7) is 4.65. The molecule has 0 unspecified atom stereocenters. The molecule has 0 bridgehead atoms. The molecule has 176 valence electrons. The van der Waals surface area contributed by atoms with Crippen molar-refractivity contribution in [2.45, 2.75) is 31.2 Å². The molecule has 1 heterocycles. The minimum atomic E-state index is -3.73. The first kappa shape index (κ1) is 24.4. The van der Waals surface area contributed by atoms with Crippen LogP contribution < -0.4 is 21.1 Å². The van der Waals surface area contributed by atoms with Crippen molar-refractivity contribution in [3.63, 3.8) is 0 Å². The molecule has 2 aromatic rings. The number of primary sulfonamides is 1. The van der Waals surface area contributed by atoms with Gasteiger partial charge in [-0.15, -0.1) is 0 Å². The fraction of sp³-hybridized carbons (Fsp3) is 0.304. The number of urea groups is 1. The number of esters is 1. The monoisotopic (exact) mass is 472 g/mol. The zero-order chi connectivity index (χ0) is 24.2. The van der Waals surface area contributed by atoms with Gasteiger partial charge < -0.3 is 20.7 Å². The summed E-state index contributed by atoms with van der Waals surface area (Å²) in [7, 11) is -2.42. The van der Waals surface area contributed by atoms with Crippen LogP contribution in [0.2, 0.25) is 0 Å². The zero-order valence-corrected chi connectivity index (χ0v) is 19.6. The number of rotatable bonds is 8. The highest BCUT2D eigenvalue weighted by atomic mass is 32.2. The number of amides is 2. The van der Waals surface area contributed by atoms with Crippen LogP contribution in [0.5, 0.6) is 0 Å². The smallest absolute Gasteiger partial charge is 0.338 e. The van der Waals surface area contributed by atoms with Crippen molar-refractivity contribution in [2.75, 3.05) is 20.2 Å². The number of ether oxygens (including phenoxy) is 1. The van der Waals surface area contributed by atoms with Crippen molar-refractivity contribution in [3.8, 4) is 0 Å². The summed E-state index contributed by atoms with van der Waals surface area (Å²) >= 11 is 0. The van der Waals surface area contributed by atoms with Gasteiger partial charge in [-0.25, -0.2) is 23.1 Å². The van der Waals surface area contributed by atoms with E-state index in [9.17, 15) is 18.0 Å². The Balaban J connectivity index is 1.77. The summed E-state index contributed by atoms with van der Waals surface area (Å²) in [5.74, 6) is -0.524. The Morgan fingerprint density at radius 3 is 2.48 bits per heavy atom. The standard InChI is InChI=1S/C23H28N4O5S/c1-14-4-5-15(2)18(12-14)21-20(22(28)32-3)19(26-23(29)27-21)13-25-11-10-16-6-8-17(9-7-16)33(24,30)31/h4-9,12,21,25H,10-11,13H2,1-3H3,(H2,24,30,31)(H2,26,27,29)/t21-/m1/s1. The largest absolute Gasteiger partial charge is 0.466 e. The summed E-state index contributed by atoms with van der Waals surface area (Å²) in [6.07, 6.45) is 0.609. The van der Waals surface area contributed by atoms with Gasteiger partial charge in [-0.1, -0.05) is 35.9 Å².